The van der Waals surface area contributed by atoms with Gasteiger partial charge in [0.15, 0.2) is 0 Å². The SMILES string of the molecule is O=C(c1ccnc(-n2ccnc2)c1)N1CCC(CCN2CCOCC2)CC1. The van der Waals surface area contributed by atoms with Crippen molar-refractivity contribution in [2.75, 3.05) is 45.9 Å². The molecular weight excluding hydrogens is 342 g/mol. The standard InChI is InChI=1S/C20H27N5O2/c26-20(18-1-5-22-19(15-18)25-10-6-21-16-25)24-8-3-17(4-9-24)2-7-23-11-13-27-14-12-23/h1,5-6,10,15-17H,2-4,7-9,11-14H2. The van der Waals surface area contributed by atoms with Gasteiger partial charge in [0, 0.05) is 50.3 Å². The van der Waals surface area contributed by atoms with Crippen LogP contribution in [0.5, 0.6) is 0 Å². The number of morpholine rings is 1. The maximum atomic E-state index is 12.9. The number of pyridine rings is 1. The highest BCUT2D eigenvalue weighted by atomic mass is 16.5. The molecule has 2 aromatic rings. The summed E-state index contributed by atoms with van der Waals surface area (Å²) in [6.45, 7) is 6.67. The summed E-state index contributed by atoms with van der Waals surface area (Å²) >= 11 is 0. The molecule has 2 aliphatic rings. The van der Waals surface area contributed by atoms with Crippen molar-refractivity contribution >= 4 is 5.91 Å². The van der Waals surface area contributed by atoms with Gasteiger partial charge in [-0.2, -0.15) is 0 Å². The average molecular weight is 369 g/mol. The van der Waals surface area contributed by atoms with E-state index in [0.717, 1.165) is 70.5 Å². The number of amides is 1. The summed E-state index contributed by atoms with van der Waals surface area (Å²) in [4.78, 5) is 25.7. The van der Waals surface area contributed by atoms with Crippen molar-refractivity contribution in [3.05, 3.63) is 42.6 Å². The Kier molecular flexibility index (Phi) is 5.79. The Morgan fingerprint density at radius 1 is 1.15 bits per heavy atom. The smallest absolute Gasteiger partial charge is 0.254 e. The number of hydrogen-bond acceptors (Lipinski definition) is 5. The Labute approximate surface area is 160 Å². The number of hydrogen-bond donors (Lipinski definition) is 0. The zero-order valence-electron chi connectivity index (χ0n) is 15.7. The van der Waals surface area contributed by atoms with Gasteiger partial charge >= 0.3 is 0 Å². The highest BCUT2D eigenvalue weighted by Crippen LogP contribution is 2.22. The fourth-order valence-corrected chi connectivity index (χ4v) is 3.88. The molecular formula is C20H27N5O2. The molecule has 27 heavy (non-hydrogen) atoms. The molecule has 0 unspecified atom stereocenters. The molecule has 7 heteroatoms. The Morgan fingerprint density at radius 2 is 1.96 bits per heavy atom. The van der Waals surface area contributed by atoms with Crippen molar-refractivity contribution in [1.82, 2.24) is 24.3 Å². The fourth-order valence-electron chi connectivity index (χ4n) is 3.88. The zero-order valence-corrected chi connectivity index (χ0v) is 15.7. The van der Waals surface area contributed by atoms with E-state index in [9.17, 15) is 4.79 Å². The van der Waals surface area contributed by atoms with Gasteiger partial charge in [-0.25, -0.2) is 9.97 Å². The van der Waals surface area contributed by atoms with Crippen LogP contribution in [0.25, 0.3) is 5.82 Å². The topological polar surface area (TPSA) is 63.5 Å². The van der Waals surface area contributed by atoms with Crippen molar-refractivity contribution in [3.63, 3.8) is 0 Å². The van der Waals surface area contributed by atoms with Crippen molar-refractivity contribution in [3.8, 4) is 5.82 Å². The number of piperidine rings is 1. The normalized spacial score (nSPS) is 19.3. The van der Waals surface area contributed by atoms with Crippen molar-refractivity contribution < 1.29 is 9.53 Å². The van der Waals surface area contributed by atoms with E-state index in [-0.39, 0.29) is 5.91 Å². The van der Waals surface area contributed by atoms with E-state index < -0.39 is 0 Å². The minimum absolute atomic E-state index is 0.102. The van der Waals surface area contributed by atoms with Crippen LogP contribution in [0.4, 0.5) is 0 Å². The fraction of sp³-hybridized carbons (Fsp3) is 0.550. The number of aromatic nitrogens is 3. The predicted molar refractivity (Wildman–Crippen MR) is 102 cm³/mol. The predicted octanol–water partition coefficient (Wildman–Crippen LogP) is 1.84. The molecule has 0 saturated carbocycles. The van der Waals surface area contributed by atoms with E-state index in [2.05, 4.69) is 14.9 Å². The molecule has 144 valence electrons. The molecule has 2 fully saturated rings. The van der Waals surface area contributed by atoms with E-state index in [4.69, 9.17) is 4.74 Å². The maximum Gasteiger partial charge on any atom is 0.254 e. The van der Waals surface area contributed by atoms with Crippen molar-refractivity contribution in [2.24, 2.45) is 5.92 Å². The summed E-state index contributed by atoms with van der Waals surface area (Å²) in [5.74, 6) is 1.54. The minimum Gasteiger partial charge on any atom is -0.379 e. The number of imidazole rings is 1. The number of carbonyl (C=O) groups excluding carboxylic acids is 1. The Morgan fingerprint density at radius 3 is 2.70 bits per heavy atom. The summed E-state index contributed by atoms with van der Waals surface area (Å²) in [5.41, 5.74) is 0.695. The van der Waals surface area contributed by atoms with E-state index in [1.165, 1.54) is 6.42 Å². The first-order valence-electron chi connectivity index (χ1n) is 9.83. The largest absolute Gasteiger partial charge is 0.379 e. The summed E-state index contributed by atoms with van der Waals surface area (Å²) in [5, 5.41) is 0. The molecule has 0 radical (unpaired) electrons. The first kappa shape index (κ1) is 18.1. The lowest BCUT2D eigenvalue weighted by Gasteiger charge is -2.34. The molecule has 0 aromatic carbocycles. The molecule has 0 bridgehead atoms. The van der Waals surface area contributed by atoms with Gasteiger partial charge in [-0.15, -0.1) is 0 Å². The van der Waals surface area contributed by atoms with Crippen LogP contribution in [0.15, 0.2) is 37.1 Å². The Bertz CT molecular complexity index is 735. The highest BCUT2D eigenvalue weighted by Gasteiger charge is 2.24. The van der Waals surface area contributed by atoms with Crippen LogP contribution in [0.3, 0.4) is 0 Å². The van der Waals surface area contributed by atoms with Gasteiger partial charge in [-0.05, 0) is 43.9 Å². The summed E-state index contributed by atoms with van der Waals surface area (Å²) in [6.07, 6.45) is 10.3. The lowest BCUT2D eigenvalue weighted by atomic mass is 9.93. The third kappa shape index (κ3) is 4.54. The van der Waals surface area contributed by atoms with Crippen LogP contribution in [-0.4, -0.2) is 76.2 Å². The van der Waals surface area contributed by atoms with E-state index >= 15 is 0 Å². The third-order valence-electron chi connectivity index (χ3n) is 5.62. The molecule has 0 atom stereocenters. The van der Waals surface area contributed by atoms with Crippen LogP contribution in [0.1, 0.15) is 29.6 Å². The third-order valence-corrected chi connectivity index (χ3v) is 5.62. The molecule has 2 saturated heterocycles. The van der Waals surface area contributed by atoms with E-state index in [1.807, 2.05) is 21.7 Å². The van der Waals surface area contributed by atoms with E-state index in [0.29, 0.717) is 5.56 Å². The van der Waals surface area contributed by atoms with Gasteiger partial charge in [0.05, 0.1) is 13.2 Å². The molecule has 0 N–H and O–H groups in total. The average Bonchev–Trinajstić information content (AvgIpc) is 3.28. The Hall–Kier alpha value is -2.25. The van der Waals surface area contributed by atoms with Gasteiger partial charge < -0.3 is 9.64 Å². The van der Waals surface area contributed by atoms with E-state index in [1.54, 1.807) is 24.8 Å². The number of ether oxygens (including phenoxy) is 1. The van der Waals surface area contributed by atoms with Crippen LogP contribution in [0.2, 0.25) is 0 Å². The first-order valence-corrected chi connectivity index (χ1v) is 9.83. The van der Waals surface area contributed by atoms with Gasteiger partial charge in [0.1, 0.15) is 12.1 Å². The van der Waals surface area contributed by atoms with Crippen LogP contribution < -0.4 is 0 Å². The maximum absolute atomic E-state index is 12.9. The summed E-state index contributed by atoms with van der Waals surface area (Å²) in [6, 6.07) is 3.64. The number of likely N-dealkylation sites (tertiary alicyclic amines) is 1. The lowest BCUT2D eigenvalue weighted by molar-refractivity contribution is 0.0332. The lowest BCUT2D eigenvalue weighted by Crippen LogP contribution is -2.40. The number of rotatable bonds is 5. The Balaban J connectivity index is 1.29. The minimum atomic E-state index is 0.102. The second kappa shape index (κ2) is 8.63. The second-order valence-electron chi connectivity index (χ2n) is 7.35. The van der Waals surface area contributed by atoms with Gasteiger partial charge in [-0.1, -0.05) is 0 Å². The molecule has 0 aliphatic carbocycles. The molecule has 2 aliphatic heterocycles. The van der Waals surface area contributed by atoms with Crippen molar-refractivity contribution in [2.45, 2.75) is 19.3 Å². The van der Waals surface area contributed by atoms with Gasteiger partial charge in [-0.3, -0.25) is 14.3 Å². The summed E-state index contributed by atoms with van der Waals surface area (Å²) < 4.78 is 7.22. The molecule has 4 rings (SSSR count). The van der Waals surface area contributed by atoms with Gasteiger partial charge in [0.2, 0.25) is 0 Å². The van der Waals surface area contributed by atoms with Crippen LogP contribution in [-0.2, 0) is 4.74 Å². The number of carbonyl (C=O) groups is 1. The highest BCUT2D eigenvalue weighted by molar-refractivity contribution is 5.94. The van der Waals surface area contributed by atoms with Crippen LogP contribution in [0, 0.1) is 5.92 Å². The first-order chi connectivity index (χ1) is 13.3. The van der Waals surface area contributed by atoms with Gasteiger partial charge in [0.25, 0.3) is 5.91 Å². The quantitative estimate of drug-likeness (QED) is 0.805. The monoisotopic (exact) mass is 369 g/mol. The molecule has 0 spiro atoms. The zero-order chi connectivity index (χ0) is 18.5. The molecule has 1 amide bonds. The summed E-state index contributed by atoms with van der Waals surface area (Å²) in [7, 11) is 0. The molecule has 7 nitrogen and oxygen atoms in total. The molecule has 2 aromatic heterocycles. The molecule has 4 heterocycles. The van der Waals surface area contributed by atoms with Crippen molar-refractivity contribution in [1.29, 1.82) is 0 Å². The second-order valence-corrected chi connectivity index (χ2v) is 7.35. The van der Waals surface area contributed by atoms with Crippen LogP contribution >= 0.6 is 0 Å². The number of nitrogens with zero attached hydrogens (tertiary/aromatic N) is 5.